The van der Waals surface area contributed by atoms with Gasteiger partial charge in [0.25, 0.3) is 0 Å². The van der Waals surface area contributed by atoms with Gasteiger partial charge in [-0.15, -0.1) is 0 Å². The Morgan fingerprint density at radius 1 is 1.05 bits per heavy atom. The fraction of sp³-hybridized carbons (Fsp3) is 0.438. The largest absolute Gasteiger partial charge is 0.494 e. The topological polar surface area (TPSA) is 36.3 Å². The van der Waals surface area contributed by atoms with Gasteiger partial charge in [-0.05, 0) is 57.8 Å². The maximum atomic E-state index is 6.13. The van der Waals surface area contributed by atoms with Gasteiger partial charge in [0.1, 0.15) is 0 Å². The highest BCUT2D eigenvalue weighted by Crippen LogP contribution is 2.36. The monoisotopic (exact) mass is 284 g/mol. The predicted octanol–water partition coefficient (Wildman–Crippen LogP) is 2.48. The fourth-order valence-electron chi connectivity index (χ4n) is 2.47. The molecule has 4 nitrogen and oxygen atoms in total. The van der Waals surface area contributed by atoms with E-state index >= 15 is 0 Å². The van der Waals surface area contributed by atoms with Crippen LogP contribution in [-0.4, -0.2) is 27.9 Å². The van der Waals surface area contributed by atoms with Gasteiger partial charge in [-0.2, -0.15) is 0 Å². The van der Waals surface area contributed by atoms with E-state index in [9.17, 15) is 0 Å². The highest BCUT2D eigenvalue weighted by Gasteiger charge is 2.51. The van der Waals surface area contributed by atoms with Crippen molar-refractivity contribution in [1.82, 2.24) is 9.55 Å². The van der Waals surface area contributed by atoms with Crippen LogP contribution in [0.15, 0.2) is 36.9 Å². The molecule has 0 atom stereocenters. The first-order valence-corrected chi connectivity index (χ1v) is 7.24. The Hall–Kier alpha value is -1.59. The third kappa shape index (κ3) is 2.52. The van der Waals surface area contributed by atoms with E-state index in [0.717, 1.165) is 11.2 Å². The number of imidazole rings is 1. The molecule has 1 aliphatic rings. The van der Waals surface area contributed by atoms with E-state index in [2.05, 4.69) is 57.8 Å². The molecular weight excluding hydrogens is 263 g/mol. The number of aryl methyl sites for hydroxylation is 1. The summed E-state index contributed by atoms with van der Waals surface area (Å²) in [5, 5.41) is 0. The highest BCUT2D eigenvalue weighted by molar-refractivity contribution is 6.62. The summed E-state index contributed by atoms with van der Waals surface area (Å²) in [6.45, 7) is 10.4. The molecule has 3 rings (SSSR count). The number of nitrogens with zero attached hydrogens (tertiary/aromatic N) is 2. The average molecular weight is 284 g/mol. The summed E-state index contributed by atoms with van der Waals surface area (Å²) in [7, 11) is -0.336. The number of benzene rings is 1. The van der Waals surface area contributed by atoms with Crippen LogP contribution < -0.4 is 5.46 Å². The summed E-state index contributed by atoms with van der Waals surface area (Å²) in [4.78, 5) is 4.10. The lowest BCUT2D eigenvalue weighted by Gasteiger charge is -2.32. The van der Waals surface area contributed by atoms with Crippen LogP contribution >= 0.6 is 0 Å². The van der Waals surface area contributed by atoms with Crippen molar-refractivity contribution in [3.8, 4) is 5.69 Å². The lowest BCUT2D eigenvalue weighted by Crippen LogP contribution is -2.41. The third-order valence-corrected chi connectivity index (χ3v) is 4.41. The molecule has 2 aromatic rings. The van der Waals surface area contributed by atoms with Crippen molar-refractivity contribution in [3.63, 3.8) is 0 Å². The molecule has 21 heavy (non-hydrogen) atoms. The quantitative estimate of drug-likeness (QED) is 0.795. The Kier molecular flexibility index (Phi) is 3.22. The number of aromatic nitrogens is 2. The molecule has 2 heterocycles. The normalized spacial score (nSPS) is 20.0. The van der Waals surface area contributed by atoms with Gasteiger partial charge in [-0.25, -0.2) is 4.98 Å². The summed E-state index contributed by atoms with van der Waals surface area (Å²) in [5.41, 5.74) is 2.63. The zero-order valence-corrected chi connectivity index (χ0v) is 13.3. The second-order valence-corrected chi connectivity index (χ2v) is 6.66. The molecule has 1 aromatic carbocycles. The SMILES string of the molecule is Cc1cc(B2OC(C)(C)C(C)(C)O2)cc(-n2ccnc2)c1. The molecule has 0 aliphatic carbocycles. The molecule has 0 radical (unpaired) electrons. The van der Waals surface area contributed by atoms with Crippen molar-refractivity contribution in [2.45, 2.75) is 45.8 Å². The number of rotatable bonds is 2. The van der Waals surface area contributed by atoms with Gasteiger partial charge in [-0.3, -0.25) is 0 Å². The molecule has 1 aliphatic heterocycles. The van der Waals surface area contributed by atoms with E-state index in [1.165, 1.54) is 5.56 Å². The van der Waals surface area contributed by atoms with Crippen LogP contribution in [0.2, 0.25) is 0 Å². The van der Waals surface area contributed by atoms with Crippen molar-refractivity contribution in [2.75, 3.05) is 0 Å². The van der Waals surface area contributed by atoms with E-state index in [-0.39, 0.29) is 18.3 Å². The molecule has 1 saturated heterocycles. The van der Waals surface area contributed by atoms with E-state index in [1.807, 2.05) is 10.8 Å². The molecule has 0 saturated carbocycles. The Balaban J connectivity index is 1.97. The zero-order chi connectivity index (χ0) is 15.3. The van der Waals surface area contributed by atoms with E-state index in [1.54, 1.807) is 12.5 Å². The minimum absolute atomic E-state index is 0.323. The van der Waals surface area contributed by atoms with Crippen LogP contribution in [0.3, 0.4) is 0 Å². The number of hydrogen-bond donors (Lipinski definition) is 0. The third-order valence-electron chi connectivity index (χ3n) is 4.41. The van der Waals surface area contributed by atoms with Crippen LogP contribution in [-0.2, 0) is 9.31 Å². The highest BCUT2D eigenvalue weighted by atomic mass is 16.7. The molecule has 0 N–H and O–H groups in total. The van der Waals surface area contributed by atoms with E-state index < -0.39 is 0 Å². The van der Waals surface area contributed by atoms with E-state index in [0.29, 0.717) is 0 Å². The molecule has 0 bridgehead atoms. The van der Waals surface area contributed by atoms with Crippen molar-refractivity contribution >= 4 is 12.6 Å². The van der Waals surface area contributed by atoms with Gasteiger partial charge in [0, 0.05) is 18.1 Å². The van der Waals surface area contributed by atoms with Gasteiger partial charge in [-0.1, -0.05) is 6.07 Å². The summed E-state index contributed by atoms with van der Waals surface area (Å²) < 4.78 is 14.2. The Bertz CT molecular complexity index is 634. The number of hydrogen-bond acceptors (Lipinski definition) is 3. The van der Waals surface area contributed by atoms with Crippen molar-refractivity contribution in [2.24, 2.45) is 0 Å². The second-order valence-electron chi connectivity index (χ2n) is 6.66. The minimum Gasteiger partial charge on any atom is -0.399 e. The van der Waals surface area contributed by atoms with Crippen molar-refractivity contribution in [3.05, 3.63) is 42.5 Å². The van der Waals surface area contributed by atoms with Crippen molar-refractivity contribution < 1.29 is 9.31 Å². The molecule has 110 valence electrons. The standard InChI is InChI=1S/C16H21BN2O2/c1-12-8-13(10-14(9-12)19-7-6-18-11-19)17-20-15(2,3)16(4,5)21-17/h6-11H,1-5H3. The van der Waals surface area contributed by atoms with Crippen LogP contribution in [0.4, 0.5) is 0 Å². The molecule has 0 spiro atoms. The average Bonchev–Trinajstić information content (AvgIpc) is 2.96. The van der Waals surface area contributed by atoms with Crippen LogP contribution in [0, 0.1) is 6.92 Å². The predicted molar refractivity (Wildman–Crippen MR) is 84.0 cm³/mol. The van der Waals surface area contributed by atoms with Gasteiger partial charge in [0.2, 0.25) is 0 Å². The van der Waals surface area contributed by atoms with Crippen LogP contribution in [0.1, 0.15) is 33.3 Å². The fourth-order valence-corrected chi connectivity index (χ4v) is 2.47. The summed E-state index contributed by atoms with van der Waals surface area (Å²) in [6, 6.07) is 6.33. The molecular formula is C16H21BN2O2. The molecule has 1 aromatic heterocycles. The van der Waals surface area contributed by atoms with Gasteiger partial charge in [0.05, 0.1) is 17.5 Å². The lowest BCUT2D eigenvalue weighted by atomic mass is 9.78. The summed E-state index contributed by atoms with van der Waals surface area (Å²) in [6.07, 6.45) is 5.50. The molecule has 0 unspecified atom stereocenters. The maximum Gasteiger partial charge on any atom is 0.494 e. The Morgan fingerprint density at radius 2 is 1.71 bits per heavy atom. The smallest absolute Gasteiger partial charge is 0.399 e. The zero-order valence-electron chi connectivity index (χ0n) is 13.3. The summed E-state index contributed by atoms with van der Waals surface area (Å²) in [5.74, 6) is 0. The minimum atomic E-state index is -0.336. The van der Waals surface area contributed by atoms with Gasteiger partial charge < -0.3 is 13.9 Å². The Morgan fingerprint density at radius 3 is 2.29 bits per heavy atom. The van der Waals surface area contributed by atoms with Crippen LogP contribution in [0.25, 0.3) is 5.69 Å². The second kappa shape index (κ2) is 4.72. The maximum absolute atomic E-state index is 6.13. The molecule has 1 fully saturated rings. The van der Waals surface area contributed by atoms with Gasteiger partial charge in [0.15, 0.2) is 0 Å². The molecule has 5 heteroatoms. The van der Waals surface area contributed by atoms with Gasteiger partial charge >= 0.3 is 7.12 Å². The van der Waals surface area contributed by atoms with Crippen molar-refractivity contribution in [1.29, 1.82) is 0 Å². The first-order chi connectivity index (χ1) is 9.78. The molecule has 0 amide bonds. The lowest BCUT2D eigenvalue weighted by molar-refractivity contribution is 0.00578. The van der Waals surface area contributed by atoms with E-state index in [4.69, 9.17) is 9.31 Å². The Labute approximate surface area is 126 Å². The first kappa shape index (κ1) is 14.4. The summed E-state index contributed by atoms with van der Waals surface area (Å²) >= 11 is 0. The van der Waals surface area contributed by atoms with Crippen LogP contribution in [0.5, 0.6) is 0 Å². The first-order valence-electron chi connectivity index (χ1n) is 7.24.